The number of hydrogen-bond acceptors (Lipinski definition) is 3. The molecule has 1 aromatic rings. The van der Waals surface area contributed by atoms with Crippen molar-refractivity contribution < 1.29 is 8.42 Å². The summed E-state index contributed by atoms with van der Waals surface area (Å²) in [5, 5.41) is 0. The molecule has 0 radical (unpaired) electrons. The van der Waals surface area contributed by atoms with E-state index >= 15 is 0 Å². The lowest BCUT2D eigenvalue weighted by molar-refractivity contribution is 0.567. The van der Waals surface area contributed by atoms with E-state index in [4.69, 9.17) is 5.73 Å². The smallest absolute Gasteiger partial charge is 0.178 e. The fourth-order valence-corrected chi connectivity index (χ4v) is 2.94. The lowest BCUT2D eigenvalue weighted by Gasteiger charge is -2.08. The molecule has 0 spiro atoms. The van der Waals surface area contributed by atoms with Crippen molar-refractivity contribution >= 4 is 9.84 Å². The van der Waals surface area contributed by atoms with Gasteiger partial charge in [0, 0.05) is 6.04 Å². The van der Waals surface area contributed by atoms with E-state index in [2.05, 4.69) is 0 Å². The predicted octanol–water partition coefficient (Wildman–Crippen LogP) is 2.29. The number of sulfone groups is 1. The molecule has 0 amide bonds. The molecule has 0 aliphatic carbocycles. The van der Waals surface area contributed by atoms with Crippen molar-refractivity contribution in [3.05, 3.63) is 29.8 Å². The molecule has 3 nitrogen and oxygen atoms in total. The SMILES string of the molecule is CCC(N)CCCS(=O)(=O)c1ccc(C)cc1. The van der Waals surface area contributed by atoms with Gasteiger partial charge in [-0.3, -0.25) is 0 Å². The Bertz CT molecular complexity index is 437. The van der Waals surface area contributed by atoms with Crippen molar-refractivity contribution in [2.24, 2.45) is 5.73 Å². The zero-order valence-corrected chi connectivity index (χ0v) is 11.3. The molecular formula is C13H21NO2S. The number of aryl methyl sites for hydroxylation is 1. The first kappa shape index (κ1) is 14.2. The van der Waals surface area contributed by atoms with E-state index in [0.717, 1.165) is 18.4 Å². The van der Waals surface area contributed by atoms with Gasteiger partial charge >= 0.3 is 0 Å². The first-order valence-corrected chi connectivity index (χ1v) is 7.66. The second-order valence-corrected chi connectivity index (χ2v) is 6.55. The van der Waals surface area contributed by atoms with Gasteiger partial charge in [-0.2, -0.15) is 0 Å². The van der Waals surface area contributed by atoms with Crippen LogP contribution in [0.5, 0.6) is 0 Å². The Kier molecular flexibility index (Phi) is 5.15. The molecule has 2 N–H and O–H groups in total. The van der Waals surface area contributed by atoms with Gasteiger partial charge in [0.25, 0.3) is 0 Å². The Hall–Kier alpha value is -0.870. The van der Waals surface area contributed by atoms with Gasteiger partial charge in [-0.15, -0.1) is 0 Å². The van der Waals surface area contributed by atoms with Crippen molar-refractivity contribution in [1.82, 2.24) is 0 Å². The van der Waals surface area contributed by atoms with Crippen LogP contribution in [0.15, 0.2) is 29.2 Å². The van der Waals surface area contributed by atoms with Crippen LogP contribution in [0.4, 0.5) is 0 Å². The molecule has 0 aliphatic rings. The lowest BCUT2D eigenvalue weighted by atomic mass is 10.1. The average molecular weight is 255 g/mol. The summed E-state index contributed by atoms with van der Waals surface area (Å²) in [6.07, 6.45) is 2.29. The van der Waals surface area contributed by atoms with Crippen molar-refractivity contribution in [3.63, 3.8) is 0 Å². The summed E-state index contributed by atoms with van der Waals surface area (Å²) in [6, 6.07) is 7.10. The second kappa shape index (κ2) is 6.17. The summed E-state index contributed by atoms with van der Waals surface area (Å²) in [5.41, 5.74) is 6.83. The Labute approximate surface area is 104 Å². The van der Waals surface area contributed by atoms with Crippen LogP contribution in [0.1, 0.15) is 31.7 Å². The maximum Gasteiger partial charge on any atom is 0.178 e. The van der Waals surface area contributed by atoms with E-state index in [1.54, 1.807) is 12.1 Å². The van der Waals surface area contributed by atoms with Gasteiger partial charge in [-0.25, -0.2) is 8.42 Å². The predicted molar refractivity (Wildman–Crippen MR) is 70.7 cm³/mol. The summed E-state index contributed by atoms with van der Waals surface area (Å²) in [4.78, 5) is 0.410. The molecule has 1 aromatic carbocycles. The first-order chi connectivity index (χ1) is 7.95. The number of rotatable bonds is 6. The van der Waals surface area contributed by atoms with Gasteiger partial charge in [-0.1, -0.05) is 24.6 Å². The third-order valence-corrected chi connectivity index (χ3v) is 4.71. The highest BCUT2D eigenvalue weighted by Gasteiger charge is 2.14. The van der Waals surface area contributed by atoms with Crippen LogP contribution in [-0.4, -0.2) is 20.2 Å². The molecule has 0 bridgehead atoms. The van der Waals surface area contributed by atoms with Crippen molar-refractivity contribution in [3.8, 4) is 0 Å². The topological polar surface area (TPSA) is 60.2 Å². The van der Waals surface area contributed by atoms with E-state index in [1.807, 2.05) is 26.0 Å². The highest BCUT2D eigenvalue weighted by atomic mass is 32.2. The molecule has 96 valence electrons. The fourth-order valence-electron chi connectivity index (χ4n) is 1.60. The van der Waals surface area contributed by atoms with E-state index < -0.39 is 9.84 Å². The zero-order valence-electron chi connectivity index (χ0n) is 10.5. The highest BCUT2D eigenvalue weighted by Crippen LogP contribution is 2.14. The van der Waals surface area contributed by atoms with Crippen LogP contribution in [0.3, 0.4) is 0 Å². The largest absolute Gasteiger partial charge is 0.328 e. The molecule has 0 saturated heterocycles. The number of benzene rings is 1. The molecule has 1 atom stereocenters. The van der Waals surface area contributed by atoms with Crippen LogP contribution in [0, 0.1) is 6.92 Å². The maximum absolute atomic E-state index is 12.0. The lowest BCUT2D eigenvalue weighted by Crippen LogP contribution is -2.19. The van der Waals surface area contributed by atoms with Gasteiger partial charge in [0.2, 0.25) is 0 Å². The standard InChI is InChI=1S/C13H21NO2S/c1-3-12(14)5-4-10-17(15,16)13-8-6-11(2)7-9-13/h6-9,12H,3-5,10,14H2,1-2H3. The molecule has 0 fully saturated rings. The zero-order chi connectivity index (χ0) is 12.9. The third kappa shape index (κ3) is 4.48. The quantitative estimate of drug-likeness (QED) is 0.848. The van der Waals surface area contributed by atoms with Crippen molar-refractivity contribution in [1.29, 1.82) is 0 Å². The molecule has 0 aromatic heterocycles. The van der Waals surface area contributed by atoms with Crippen LogP contribution >= 0.6 is 0 Å². The third-order valence-electron chi connectivity index (χ3n) is 2.89. The Morgan fingerprint density at radius 2 is 1.82 bits per heavy atom. The Balaban J connectivity index is 2.60. The minimum Gasteiger partial charge on any atom is -0.328 e. The molecule has 1 rings (SSSR count). The minimum atomic E-state index is -3.14. The fraction of sp³-hybridized carbons (Fsp3) is 0.538. The van der Waals surface area contributed by atoms with E-state index in [0.29, 0.717) is 11.3 Å². The Morgan fingerprint density at radius 1 is 1.24 bits per heavy atom. The monoisotopic (exact) mass is 255 g/mol. The molecule has 0 heterocycles. The summed E-state index contributed by atoms with van der Waals surface area (Å²) in [5.74, 6) is 0.184. The molecule has 0 aliphatic heterocycles. The summed E-state index contributed by atoms with van der Waals surface area (Å²) < 4.78 is 23.9. The number of nitrogens with two attached hydrogens (primary N) is 1. The maximum atomic E-state index is 12.0. The van der Waals surface area contributed by atoms with Gasteiger partial charge in [-0.05, 0) is 38.3 Å². The average Bonchev–Trinajstić information content (AvgIpc) is 2.29. The van der Waals surface area contributed by atoms with Crippen molar-refractivity contribution in [2.75, 3.05) is 5.75 Å². The Morgan fingerprint density at radius 3 is 2.35 bits per heavy atom. The molecule has 4 heteroatoms. The second-order valence-electron chi connectivity index (χ2n) is 4.44. The highest BCUT2D eigenvalue weighted by molar-refractivity contribution is 7.91. The minimum absolute atomic E-state index is 0.114. The summed E-state index contributed by atoms with van der Waals surface area (Å²) >= 11 is 0. The molecular weight excluding hydrogens is 234 g/mol. The van der Waals surface area contributed by atoms with Crippen LogP contribution in [-0.2, 0) is 9.84 Å². The van der Waals surface area contributed by atoms with E-state index in [1.165, 1.54) is 0 Å². The molecule has 1 unspecified atom stereocenters. The molecule has 17 heavy (non-hydrogen) atoms. The van der Waals surface area contributed by atoms with Gasteiger partial charge in [0.05, 0.1) is 10.6 Å². The van der Waals surface area contributed by atoms with Gasteiger partial charge < -0.3 is 5.73 Å². The van der Waals surface area contributed by atoms with E-state index in [-0.39, 0.29) is 11.8 Å². The van der Waals surface area contributed by atoms with Crippen molar-refractivity contribution in [2.45, 2.75) is 44.0 Å². The van der Waals surface area contributed by atoms with Gasteiger partial charge in [0.15, 0.2) is 9.84 Å². The number of hydrogen-bond donors (Lipinski definition) is 1. The summed E-state index contributed by atoms with van der Waals surface area (Å²) in [6.45, 7) is 3.95. The van der Waals surface area contributed by atoms with Crippen LogP contribution < -0.4 is 5.73 Å². The van der Waals surface area contributed by atoms with E-state index in [9.17, 15) is 8.42 Å². The molecule has 0 saturated carbocycles. The first-order valence-electron chi connectivity index (χ1n) is 6.00. The normalized spacial score (nSPS) is 13.6. The summed E-state index contributed by atoms with van der Waals surface area (Å²) in [7, 11) is -3.14. The van der Waals surface area contributed by atoms with Crippen LogP contribution in [0.25, 0.3) is 0 Å². The van der Waals surface area contributed by atoms with Gasteiger partial charge in [0.1, 0.15) is 0 Å². The van der Waals surface area contributed by atoms with Crippen LogP contribution in [0.2, 0.25) is 0 Å².